The van der Waals surface area contributed by atoms with Crippen LogP contribution in [0.4, 0.5) is 0 Å². The van der Waals surface area contributed by atoms with Crippen molar-refractivity contribution in [2.45, 2.75) is 13.3 Å². The van der Waals surface area contributed by atoms with Gasteiger partial charge in [0.1, 0.15) is 0 Å². The van der Waals surface area contributed by atoms with Crippen LogP contribution >= 0.6 is 56.5 Å². The minimum Gasteiger partial charge on any atom is -0.129 e. The molecule has 0 unspecified atom stereocenters. The van der Waals surface area contributed by atoms with E-state index in [1.807, 2.05) is 11.3 Å². The van der Waals surface area contributed by atoms with Gasteiger partial charge in [-0.1, -0.05) is 13.0 Å². The van der Waals surface area contributed by atoms with Crippen LogP contribution in [0.3, 0.4) is 0 Å². The Kier molecular flexibility index (Phi) is 3.14. The van der Waals surface area contributed by atoms with Crippen LogP contribution in [0, 0.1) is 6.45 Å². The maximum atomic E-state index is 2.45. The summed E-state index contributed by atoms with van der Waals surface area (Å²) < 4.78 is 4.25. The molecule has 0 nitrogen and oxygen atoms in total. The smallest absolute Gasteiger partial charge is 0.0698 e. The van der Waals surface area contributed by atoms with Gasteiger partial charge in [-0.15, -0.1) is 11.3 Å². The number of hydrogen-bond acceptors (Lipinski definition) is 1. The summed E-state index contributed by atoms with van der Waals surface area (Å²) in [4.78, 5) is 0. The van der Waals surface area contributed by atoms with Crippen molar-refractivity contribution >= 4 is 66.6 Å². The maximum Gasteiger partial charge on any atom is 0.0698 e. The molecule has 0 spiro atoms. The molecule has 0 aliphatic carbocycles. The zero-order valence-electron chi connectivity index (χ0n) is 7.10. The molecule has 0 saturated carbocycles. The van der Waals surface area contributed by atoms with Crippen molar-refractivity contribution in [3.63, 3.8) is 0 Å². The number of thiophene rings is 1. The van der Waals surface area contributed by atoms with E-state index in [2.05, 4.69) is 70.3 Å². The summed E-state index contributed by atoms with van der Waals surface area (Å²) in [7, 11) is 0. The molecule has 0 atom stereocenters. The van der Waals surface area contributed by atoms with E-state index in [0.29, 0.717) is 0 Å². The fourth-order valence-electron chi connectivity index (χ4n) is 1.45. The quantitative estimate of drug-likeness (QED) is 0.596. The van der Waals surface area contributed by atoms with Gasteiger partial charge in [-0.2, -0.15) is 0 Å². The Morgan fingerprint density at radius 3 is 2.77 bits per heavy atom. The Balaban J connectivity index is 2.88. The average molecular weight is 414 g/mol. The molecule has 1 heterocycles. The van der Waals surface area contributed by atoms with Crippen LogP contribution in [-0.2, 0) is 6.42 Å². The fraction of sp³-hybridized carbons (Fsp3) is 0.200. The first-order valence-corrected chi connectivity index (χ1v) is 7.06. The zero-order valence-corrected chi connectivity index (χ0v) is 12.2. The third kappa shape index (κ3) is 1.74. The van der Waals surface area contributed by atoms with Gasteiger partial charge in [0.25, 0.3) is 0 Å². The van der Waals surface area contributed by atoms with Gasteiger partial charge < -0.3 is 0 Å². The highest BCUT2D eigenvalue weighted by Gasteiger charge is 2.10. The van der Waals surface area contributed by atoms with E-state index in [0.717, 1.165) is 6.42 Å². The average Bonchev–Trinajstić information content (AvgIpc) is 2.42. The zero-order chi connectivity index (χ0) is 9.42. The molecule has 0 N–H and O–H groups in total. The van der Waals surface area contributed by atoms with E-state index in [1.165, 1.54) is 22.1 Å². The molecule has 1 aromatic carbocycles. The predicted molar refractivity (Wildman–Crippen MR) is 76.6 cm³/mol. The van der Waals surface area contributed by atoms with Gasteiger partial charge in [0, 0.05) is 13.7 Å². The predicted octanol–water partition coefficient (Wildman–Crippen LogP) is 4.67. The lowest BCUT2D eigenvalue weighted by molar-refractivity contribution is 1.16. The molecule has 0 aliphatic rings. The Labute approximate surface area is 109 Å². The highest BCUT2D eigenvalue weighted by molar-refractivity contribution is 14.1. The lowest BCUT2D eigenvalue weighted by Gasteiger charge is -1.97. The molecule has 0 aliphatic heterocycles. The van der Waals surface area contributed by atoms with Gasteiger partial charge in [0.2, 0.25) is 0 Å². The standard InChI is InChI=1S/C10H8I2S/c1-2-6-9-7(11)4-3-5-8(9)13-10(6)12/h3-5H,2H2,1H3. The molecule has 0 amide bonds. The number of rotatable bonds is 1. The van der Waals surface area contributed by atoms with Crippen molar-refractivity contribution in [3.8, 4) is 0 Å². The second-order valence-electron chi connectivity index (χ2n) is 2.82. The summed E-state index contributed by atoms with van der Waals surface area (Å²) in [5, 5.41) is 1.47. The number of aryl methyl sites for hydroxylation is 1. The van der Waals surface area contributed by atoms with Crippen molar-refractivity contribution in [1.82, 2.24) is 0 Å². The molecule has 13 heavy (non-hydrogen) atoms. The van der Waals surface area contributed by atoms with Crippen LogP contribution in [0.15, 0.2) is 18.2 Å². The van der Waals surface area contributed by atoms with Crippen LogP contribution < -0.4 is 0 Å². The van der Waals surface area contributed by atoms with E-state index in [9.17, 15) is 0 Å². The Morgan fingerprint density at radius 2 is 2.08 bits per heavy atom. The molecule has 0 radical (unpaired) electrons. The van der Waals surface area contributed by atoms with Crippen molar-refractivity contribution in [2.75, 3.05) is 0 Å². The lowest BCUT2D eigenvalue weighted by Crippen LogP contribution is -1.81. The highest BCUT2D eigenvalue weighted by atomic mass is 127. The molecule has 2 rings (SSSR count). The minimum atomic E-state index is 1.14. The number of halogens is 2. The Morgan fingerprint density at radius 1 is 1.31 bits per heavy atom. The van der Waals surface area contributed by atoms with Crippen molar-refractivity contribution < 1.29 is 0 Å². The number of benzene rings is 1. The second kappa shape index (κ2) is 4.02. The van der Waals surface area contributed by atoms with Crippen molar-refractivity contribution in [3.05, 3.63) is 30.2 Å². The summed E-state index contributed by atoms with van der Waals surface area (Å²) in [6, 6.07) is 6.53. The van der Waals surface area contributed by atoms with Gasteiger partial charge in [-0.3, -0.25) is 0 Å². The highest BCUT2D eigenvalue weighted by Crippen LogP contribution is 2.35. The maximum absolute atomic E-state index is 2.45. The SMILES string of the molecule is CCc1c(I)sc2cccc(I)c12. The third-order valence-corrected chi connectivity index (χ3v) is 5.26. The van der Waals surface area contributed by atoms with E-state index in [1.54, 1.807) is 0 Å². The fourth-order valence-corrected chi connectivity index (χ4v) is 4.87. The van der Waals surface area contributed by atoms with Gasteiger partial charge in [0.05, 0.1) is 2.88 Å². The molecule has 68 valence electrons. The van der Waals surface area contributed by atoms with Crippen LogP contribution in [0.5, 0.6) is 0 Å². The summed E-state index contributed by atoms with van der Waals surface area (Å²) >= 11 is 6.77. The molecule has 0 fully saturated rings. The monoisotopic (exact) mass is 414 g/mol. The van der Waals surface area contributed by atoms with Crippen LogP contribution in [-0.4, -0.2) is 0 Å². The molecule has 2 aromatic rings. The van der Waals surface area contributed by atoms with E-state index in [4.69, 9.17) is 0 Å². The lowest BCUT2D eigenvalue weighted by atomic mass is 10.1. The van der Waals surface area contributed by atoms with Gasteiger partial charge >= 0.3 is 0 Å². The third-order valence-electron chi connectivity index (χ3n) is 2.07. The molecular weight excluding hydrogens is 406 g/mol. The molecule has 3 heteroatoms. The Hall–Kier alpha value is 0.640. The topological polar surface area (TPSA) is 0 Å². The summed E-state index contributed by atoms with van der Waals surface area (Å²) in [5.41, 5.74) is 1.52. The molecule has 0 saturated heterocycles. The first-order chi connectivity index (χ1) is 6.24. The van der Waals surface area contributed by atoms with Crippen LogP contribution in [0.25, 0.3) is 10.1 Å². The van der Waals surface area contributed by atoms with E-state index in [-0.39, 0.29) is 0 Å². The minimum absolute atomic E-state index is 1.14. The van der Waals surface area contributed by atoms with Crippen molar-refractivity contribution in [1.29, 1.82) is 0 Å². The first-order valence-electron chi connectivity index (χ1n) is 4.09. The first kappa shape index (κ1) is 10.2. The summed E-state index contributed by atoms with van der Waals surface area (Å²) in [6.07, 6.45) is 1.14. The number of hydrogen-bond donors (Lipinski definition) is 0. The second-order valence-corrected chi connectivity index (χ2v) is 6.85. The summed E-state index contributed by atoms with van der Waals surface area (Å²) in [5.74, 6) is 0. The normalized spacial score (nSPS) is 11.0. The Bertz CT molecular complexity index is 445. The summed E-state index contributed by atoms with van der Waals surface area (Å²) in [6.45, 7) is 2.23. The molecule has 1 aromatic heterocycles. The van der Waals surface area contributed by atoms with Gasteiger partial charge in [-0.25, -0.2) is 0 Å². The molecular formula is C10H8I2S. The largest absolute Gasteiger partial charge is 0.129 e. The number of fused-ring (bicyclic) bond motifs is 1. The van der Waals surface area contributed by atoms with Crippen LogP contribution in [0.1, 0.15) is 12.5 Å². The van der Waals surface area contributed by atoms with Gasteiger partial charge in [-0.05, 0) is 69.3 Å². The van der Waals surface area contributed by atoms with Crippen LogP contribution in [0.2, 0.25) is 0 Å². The van der Waals surface area contributed by atoms with Crippen molar-refractivity contribution in [2.24, 2.45) is 0 Å². The molecule has 0 bridgehead atoms. The van der Waals surface area contributed by atoms with E-state index < -0.39 is 0 Å². The van der Waals surface area contributed by atoms with E-state index >= 15 is 0 Å². The van der Waals surface area contributed by atoms with Gasteiger partial charge in [0.15, 0.2) is 0 Å².